The Morgan fingerprint density at radius 1 is 0.327 bits per heavy atom. The maximum absolute atomic E-state index is 9.58. The molecule has 0 saturated carbocycles. The monoisotopic (exact) mass is 645 g/mol. The van der Waals surface area contributed by atoms with Gasteiger partial charge in [0.2, 0.25) is 0 Å². The van der Waals surface area contributed by atoms with Crippen LogP contribution in [0.5, 0.6) is 0 Å². The van der Waals surface area contributed by atoms with E-state index in [1.54, 1.807) is 24.3 Å². The van der Waals surface area contributed by atoms with E-state index in [0.717, 1.165) is 6.07 Å². The first kappa shape index (κ1) is 13.2. The van der Waals surface area contributed by atoms with Crippen molar-refractivity contribution in [3.8, 4) is 44.5 Å². The van der Waals surface area contributed by atoms with Gasteiger partial charge in [-0.3, -0.25) is 0 Å². The average molecular weight is 646 g/mol. The molecular weight excluding hydrogens is 593 g/mol. The first-order valence-corrected chi connectivity index (χ1v) is 15.0. The van der Waals surface area contributed by atoms with Gasteiger partial charge in [-0.25, -0.2) is 0 Å². The second-order valence-electron chi connectivity index (χ2n) is 11.0. The topological polar surface area (TPSA) is 13.1 Å². The molecule has 1 heteroatoms. The summed E-state index contributed by atoms with van der Waals surface area (Å²) in [6.45, 7) is 0. The summed E-state index contributed by atoms with van der Waals surface area (Å²) < 4.78 is 211. The smallest absolute Gasteiger partial charge is 0.136 e. The van der Waals surface area contributed by atoms with Crippen molar-refractivity contribution >= 4 is 54.3 Å². The molecule has 9 aromatic carbocycles. The van der Waals surface area contributed by atoms with Gasteiger partial charge in [0.1, 0.15) is 11.2 Å². The van der Waals surface area contributed by atoms with Gasteiger partial charge in [-0.15, -0.1) is 0 Å². The summed E-state index contributed by atoms with van der Waals surface area (Å²) in [7, 11) is 0. The Hall–Kier alpha value is -6.44. The van der Waals surface area contributed by atoms with Crippen LogP contribution in [0.4, 0.5) is 0 Å². The maximum atomic E-state index is 9.58. The van der Waals surface area contributed by atoms with E-state index in [9.17, 15) is 8.22 Å². The third kappa shape index (κ3) is 4.26. The van der Waals surface area contributed by atoms with Crippen LogP contribution in [-0.4, -0.2) is 0 Å². The van der Waals surface area contributed by atoms with E-state index in [1.165, 1.54) is 12.1 Å². The molecule has 228 valence electrons. The Kier molecular flexibility index (Phi) is 2.99. The van der Waals surface area contributed by atoms with Gasteiger partial charge in [0, 0.05) is 10.8 Å². The number of benzene rings is 9. The first-order chi connectivity index (χ1) is 33.9. The number of furan rings is 1. The van der Waals surface area contributed by atoms with E-state index in [4.69, 9.17) is 27.7 Å². The minimum Gasteiger partial charge on any atom is -0.456 e. The molecule has 0 atom stereocenters. The number of hydrogen-bond donors (Lipinski definition) is 0. The summed E-state index contributed by atoms with van der Waals surface area (Å²) in [6.07, 6.45) is 0. The highest BCUT2D eigenvalue weighted by molar-refractivity contribution is 6.25. The van der Waals surface area contributed by atoms with E-state index in [1.807, 2.05) is 0 Å². The van der Waals surface area contributed by atoms with Crippen molar-refractivity contribution in [1.82, 2.24) is 0 Å². The minimum atomic E-state index is -0.837. The fourth-order valence-electron chi connectivity index (χ4n) is 6.57. The van der Waals surface area contributed by atoms with Crippen LogP contribution in [0.15, 0.2) is 186 Å². The summed E-state index contributed by atoms with van der Waals surface area (Å²) in [5.74, 6) is 0. The summed E-state index contributed by atoms with van der Waals surface area (Å²) in [5, 5.41) is -1.41. The molecule has 1 aromatic heterocycles. The van der Waals surface area contributed by atoms with Gasteiger partial charge in [0.25, 0.3) is 0 Å². The zero-order valence-corrected chi connectivity index (χ0v) is 24.9. The highest BCUT2D eigenvalue weighted by Gasteiger charge is 2.21. The van der Waals surface area contributed by atoms with Gasteiger partial charge in [-0.05, 0) is 88.9 Å². The fourth-order valence-corrected chi connectivity index (χ4v) is 6.57. The standard InChI is InChI=1S/C48H30O/c1-2-15-31(16-3-1)32-17-4-7-20-36(32)46-38-21-8-10-23-40(38)47(41-24-11-9-22-39(41)46)42-30-29-35(33-18-5-6-19-34(33)42)37-26-14-28-45-48(37)43-25-12-13-27-44(43)49-45/h1-30H/i1D,2D,3D,4D,7D,8D,9D,10D,11D,12D,13D,14D,15D,16D,20D,21D,22D,23D,24D,25D,26D,27D,28D. The molecule has 0 bridgehead atoms. The third-order valence-corrected chi connectivity index (χ3v) is 8.55. The Bertz CT molecular complexity index is 4090. The zero-order chi connectivity index (χ0) is 52.3. The second-order valence-corrected chi connectivity index (χ2v) is 11.0. The lowest BCUT2D eigenvalue weighted by molar-refractivity contribution is 0.669. The largest absolute Gasteiger partial charge is 0.456 e. The minimum absolute atomic E-state index is 0.0707. The number of fused-ring (bicyclic) bond motifs is 6. The summed E-state index contributed by atoms with van der Waals surface area (Å²) in [4.78, 5) is 0. The molecule has 0 fully saturated rings. The number of hydrogen-bond acceptors (Lipinski definition) is 1. The first-order valence-electron chi connectivity index (χ1n) is 26.5. The Morgan fingerprint density at radius 3 is 1.57 bits per heavy atom. The van der Waals surface area contributed by atoms with E-state index < -0.39 is 172 Å². The van der Waals surface area contributed by atoms with Crippen LogP contribution in [0.3, 0.4) is 0 Å². The van der Waals surface area contributed by atoms with E-state index >= 15 is 0 Å². The van der Waals surface area contributed by atoms with Crippen LogP contribution in [-0.2, 0) is 0 Å². The van der Waals surface area contributed by atoms with Crippen LogP contribution in [0, 0.1) is 0 Å². The molecule has 49 heavy (non-hydrogen) atoms. The highest BCUT2D eigenvalue weighted by Crippen LogP contribution is 2.48. The van der Waals surface area contributed by atoms with Crippen LogP contribution in [0.2, 0.25) is 0 Å². The highest BCUT2D eigenvalue weighted by atomic mass is 16.3. The molecule has 0 amide bonds. The summed E-state index contributed by atoms with van der Waals surface area (Å²) in [5.41, 5.74) is -2.66. The van der Waals surface area contributed by atoms with Crippen molar-refractivity contribution in [2.75, 3.05) is 0 Å². The van der Waals surface area contributed by atoms with Crippen LogP contribution >= 0.6 is 0 Å². The van der Waals surface area contributed by atoms with Crippen molar-refractivity contribution in [1.29, 1.82) is 0 Å². The van der Waals surface area contributed by atoms with Crippen molar-refractivity contribution in [2.45, 2.75) is 0 Å². The SMILES string of the molecule is [2H]c1cc(-c2c([2H])c([2H])c([2H])c([2H])c2[2H])c(-c2c3c([2H])c([2H])c([2H])c([2H])c3c(-c3ccc(-c4c([2H])c([2H])c([2H])c5oc6c([2H])c([2H])c([2H])c([2H])c6c45)c4ccccc34)c3c([2H])c([2H])c([2H])c([2H])c23)c([2H])c1[2H]. The van der Waals surface area contributed by atoms with Gasteiger partial charge in [-0.1, -0.05) is 169 Å². The van der Waals surface area contributed by atoms with Crippen molar-refractivity contribution in [3.05, 3.63) is 181 Å². The number of para-hydroxylation sites is 1. The molecule has 0 N–H and O–H groups in total. The molecule has 0 aliphatic heterocycles. The molecule has 0 saturated heterocycles. The quantitative estimate of drug-likeness (QED) is 0.174. The molecule has 10 rings (SSSR count). The zero-order valence-electron chi connectivity index (χ0n) is 47.9. The molecule has 0 radical (unpaired) electrons. The molecule has 0 aliphatic rings. The normalized spacial score (nSPS) is 18.2. The van der Waals surface area contributed by atoms with Crippen LogP contribution < -0.4 is 0 Å². The lowest BCUT2D eigenvalue weighted by Crippen LogP contribution is -1.93. The maximum Gasteiger partial charge on any atom is 0.136 e. The van der Waals surface area contributed by atoms with Crippen LogP contribution in [0.25, 0.3) is 98.8 Å². The number of rotatable bonds is 4. The van der Waals surface area contributed by atoms with Crippen molar-refractivity contribution in [3.63, 3.8) is 0 Å². The molecule has 0 spiro atoms. The lowest BCUT2D eigenvalue weighted by Gasteiger charge is -2.21. The van der Waals surface area contributed by atoms with Crippen LogP contribution in [0.1, 0.15) is 31.5 Å². The van der Waals surface area contributed by atoms with Crippen molar-refractivity contribution < 1.29 is 35.9 Å². The molecule has 0 aliphatic carbocycles. The van der Waals surface area contributed by atoms with Gasteiger partial charge in [-0.2, -0.15) is 0 Å². The lowest BCUT2D eigenvalue weighted by atomic mass is 9.82. The van der Waals surface area contributed by atoms with Crippen molar-refractivity contribution in [2.24, 2.45) is 0 Å². The average Bonchev–Trinajstić information content (AvgIpc) is 3.77. The predicted octanol–water partition coefficient (Wildman–Crippen LogP) is 13.7. The van der Waals surface area contributed by atoms with Gasteiger partial charge in [0.05, 0.1) is 31.5 Å². The molecule has 1 nitrogen and oxygen atoms in total. The predicted molar refractivity (Wildman–Crippen MR) is 208 cm³/mol. The molecule has 0 unspecified atom stereocenters. The second kappa shape index (κ2) is 11.1. The van der Waals surface area contributed by atoms with E-state index in [0.29, 0.717) is 0 Å². The van der Waals surface area contributed by atoms with E-state index in [2.05, 4.69) is 0 Å². The molecular formula is C48H30O. The third-order valence-electron chi connectivity index (χ3n) is 8.55. The Balaban J connectivity index is 1.45. The van der Waals surface area contributed by atoms with Gasteiger partial charge < -0.3 is 4.42 Å². The van der Waals surface area contributed by atoms with Gasteiger partial charge in [0.15, 0.2) is 0 Å². The Labute approximate surface area is 316 Å². The summed E-state index contributed by atoms with van der Waals surface area (Å²) in [6, 6.07) is -6.35. The molecule has 1 heterocycles. The van der Waals surface area contributed by atoms with Gasteiger partial charge >= 0.3 is 0 Å². The fraction of sp³-hybridized carbons (Fsp3) is 0. The molecule has 10 aromatic rings. The Morgan fingerprint density at radius 2 is 0.857 bits per heavy atom. The van der Waals surface area contributed by atoms with E-state index in [-0.39, 0.29) is 65.7 Å². The summed E-state index contributed by atoms with van der Waals surface area (Å²) >= 11 is 0.